The van der Waals surface area contributed by atoms with Gasteiger partial charge in [0.1, 0.15) is 35.1 Å². The Morgan fingerprint density at radius 3 is 2.08 bits per heavy atom. The molecule has 0 aliphatic carbocycles. The van der Waals surface area contributed by atoms with E-state index in [4.69, 9.17) is 28.0 Å². The molecular formula is C44H46FN4O10PS. The van der Waals surface area contributed by atoms with E-state index in [0.717, 1.165) is 27.7 Å². The summed E-state index contributed by atoms with van der Waals surface area (Å²) in [6.07, 6.45) is -3.93. The lowest BCUT2D eigenvalue weighted by molar-refractivity contribution is -0.114. The summed E-state index contributed by atoms with van der Waals surface area (Å²) in [6.45, 7) is 1.59. The Morgan fingerprint density at radius 1 is 0.885 bits per heavy atom. The van der Waals surface area contributed by atoms with Crippen LogP contribution >= 0.6 is 8.53 Å². The third-order valence-corrected chi connectivity index (χ3v) is 14.7. The lowest BCUT2D eigenvalue weighted by Crippen LogP contribution is -2.40. The maximum Gasteiger partial charge on any atom is 0.351 e. The average Bonchev–Trinajstić information content (AvgIpc) is 3.97. The molecule has 5 aromatic rings. The number of methoxy groups -OCH3 is 2. The van der Waals surface area contributed by atoms with E-state index in [0.29, 0.717) is 24.5 Å². The zero-order valence-corrected chi connectivity index (χ0v) is 35.4. The van der Waals surface area contributed by atoms with Gasteiger partial charge in [0.05, 0.1) is 37.6 Å². The fourth-order valence-electron chi connectivity index (χ4n) is 8.19. The zero-order valence-electron chi connectivity index (χ0n) is 33.7. The summed E-state index contributed by atoms with van der Waals surface area (Å²) in [7, 11) is -2.55. The molecule has 3 aliphatic rings. The van der Waals surface area contributed by atoms with Crippen molar-refractivity contribution in [3.8, 4) is 11.5 Å². The summed E-state index contributed by atoms with van der Waals surface area (Å²) < 4.78 is 85.0. The third kappa shape index (κ3) is 8.71. The Hall–Kier alpha value is -5.06. The molecule has 61 heavy (non-hydrogen) atoms. The third-order valence-electron chi connectivity index (χ3n) is 11.1. The quantitative estimate of drug-likeness (QED) is 0.0913. The van der Waals surface area contributed by atoms with Crippen molar-refractivity contribution in [3.63, 3.8) is 0 Å². The van der Waals surface area contributed by atoms with Crippen LogP contribution in [0.4, 0.5) is 10.2 Å². The number of hydrogen-bond acceptors (Lipinski definition) is 12. The number of fused-ring (bicyclic) bond motifs is 1. The van der Waals surface area contributed by atoms with Gasteiger partial charge in [-0.2, -0.15) is 4.98 Å². The molecule has 17 heteroatoms. The summed E-state index contributed by atoms with van der Waals surface area (Å²) in [6, 6.07) is 33.8. The van der Waals surface area contributed by atoms with E-state index >= 15 is 4.39 Å². The molecular weight excluding hydrogens is 827 g/mol. The molecule has 4 heterocycles. The number of benzene rings is 4. The molecule has 0 spiro atoms. The van der Waals surface area contributed by atoms with Crippen molar-refractivity contribution in [2.45, 2.75) is 67.0 Å². The zero-order chi connectivity index (χ0) is 42.7. The monoisotopic (exact) mass is 872 g/mol. The molecule has 8 rings (SSSR count). The highest BCUT2D eigenvalue weighted by Crippen LogP contribution is 2.58. The van der Waals surface area contributed by atoms with Crippen LogP contribution in [0.3, 0.4) is 0 Å². The second-order valence-electron chi connectivity index (χ2n) is 14.9. The van der Waals surface area contributed by atoms with Gasteiger partial charge in [0.25, 0.3) is 8.53 Å². The highest BCUT2D eigenvalue weighted by Gasteiger charge is 2.55. The minimum Gasteiger partial charge on any atom is -0.497 e. The molecule has 14 nitrogen and oxygen atoms in total. The van der Waals surface area contributed by atoms with Gasteiger partial charge in [-0.1, -0.05) is 72.8 Å². The molecule has 1 amide bonds. The van der Waals surface area contributed by atoms with Crippen molar-refractivity contribution in [2.75, 3.05) is 38.4 Å². The minimum absolute atomic E-state index is 0.000788. The Kier molecular flexibility index (Phi) is 12.7. The summed E-state index contributed by atoms with van der Waals surface area (Å²) >= 11 is 0. The van der Waals surface area contributed by atoms with E-state index in [1.165, 1.54) is 19.2 Å². The number of nitrogens with one attached hydrogen (secondary N) is 1. The molecule has 3 saturated heterocycles. The van der Waals surface area contributed by atoms with Crippen LogP contribution in [0.1, 0.15) is 42.7 Å². The van der Waals surface area contributed by atoms with E-state index in [1.807, 2.05) is 83.5 Å². The first kappa shape index (κ1) is 42.6. The number of hydrogen-bond donors (Lipinski definition) is 1. The molecule has 0 radical (unpaired) electrons. The van der Waals surface area contributed by atoms with Gasteiger partial charge in [-0.15, -0.1) is 0 Å². The largest absolute Gasteiger partial charge is 0.497 e. The van der Waals surface area contributed by atoms with Crippen LogP contribution in [0.5, 0.6) is 11.5 Å². The summed E-state index contributed by atoms with van der Waals surface area (Å²) in [4.78, 5) is 29.2. The smallest absolute Gasteiger partial charge is 0.351 e. The van der Waals surface area contributed by atoms with Crippen LogP contribution in [0.25, 0.3) is 0 Å². The molecule has 320 valence electrons. The second kappa shape index (κ2) is 18.1. The summed E-state index contributed by atoms with van der Waals surface area (Å²) in [5.74, 6) is 0.560. The van der Waals surface area contributed by atoms with Crippen molar-refractivity contribution >= 4 is 30.1 Å². The van der Waals surface area contributed by atoms with Crippen molar-refractivity contribution < 1.29 is 45.6 Å². The maximum absolute atomic E-state index is 17.3. The van der Waals surface area contributed by atoms with Crippen LogP contribution < -0.4 is 20.5 Å². The SMILES string of the molecule is COc1ccc(C(OC[C@H]2O[C@@H](n3ccc(NC(C)=O)nc3=O)[C@@H](F)[C@@H]2O[P@@]2O[C@H](CS(=O)(=O)c3ccccc3)[C@@H]3CCCN32)(c2ccccc2)c2ccc(OC)cc2)cc1. The fourth-order valence-corrected chi connectivity index (χ4v) is 11.8. The Morgan fingerprint density at radius 2 is 1.49 bits per heavy atom. The van der Waals surface area contributed by atoms with Gasteiger partial charge in [-0.3, -0.25) is 9.36 Å². The van der Waals surface area contributed by atoms with Gasteiger partial charge < -0.3 is 33.3 Å². The molecule has 0 unspecified atom stereocenters. The number of carbonyl (C=O) groups excluding carboxylic acids is 1. The van der Waals surface area contributed by atoms with Gasteiger partial charge in [-0.05, 0) is 72.0 Å². The molecule has 0 saturated carbocycles. The van der Waals surface area contributed by atoms with Crippen molar-refractivity contribution in [2.24, 2.45) is 0 Å². The van der Waals surface area contributed by atoms with Gasteiger partial charge in [0.2, 0.25) is 5.91 Å². The van der Waals surface area contributed by atoms with Gasteiger partial charge >= 0.3 is 5.69 Å². The maximum atomic E-state index is 17.3. The van der Waals surface area contributed by atoms with Crippen molar-refractivity contribution in [1.29, 1.82) is 0 Å². The van der Waals surface area contributed by atoms with Gasteiger partial charge in [0.15, 0.2) is 22.2 Å². The Balaban J connectivity index is 1.16. The van der Waals surface area contributed by atoms with E-state index in [9.17, 15) is 18.0 Å². The highest BCUT2D eigenvalue weighted by atomic mass is 32.2. The first-order valence-corrected chi connectivity index (χ1v) is 22.6. The molecule has 3 aliphatic heterocycles. The summed E-state index contributed by atoms with van der Waals surface area (Å²) in [5.41, 5.74) is 0.0564. The predicted octanol–water partition coefficient (Wildman–Crippen LogP) is 6.41. The Bertz CT molecular complexity index is 2420. The van der Waals surface area contributed by atoms with E-state index in [1.54, 1.807) is 44.6 Å². The number of nitrogens with zero attached hydrogens (tertiary/aromatic N) is 3. The van der Waals surface area contributed by atoms with Crippen LogP contribution in [0.15, 0.2) is 131 Å². The lowest BCUT2D eigenvalue weighted by Gasteiger charge is -2.37. The number of halogens is 1. The molecule has 4 aromatic carbocycles. The molecule has 3 fully saturated rings. The number of rotatable bonds is 15. The van der Waals surface area contributed by atoms with Crippen molar-refractivity contribution in [3.05, 3.63) is 149 Å². The second-order valence-corrected chi connectivity index (χ2v) is 18.4. The van der Waals surface area contributed by atoms with E-state index in [-0.39, 0.29) is 29.1 Å². The first-order valence-electron chi connectivity index (χ1n) is 19.8. The van der Waals surface area contributed by atoms with Crippen LogP contribution in [0.2, 0.25) is 0 Å². The number of anilines is 1. The Labute approximate surface area is 354 Å². The highest BCUT2D eigenvalue weighted by molar-refractivity contribution is 7.91. The number of ether oxygens (including phenoxy) is 4. The van der Waals surface area contributed by atoms with Crippen LogP contribution in [-0.2, 0) is 38.8 Å². The summed E-state index contributed by atoms with van der Waals surface area (Å²) in [5, 5.41) is 2.47. The lowest BCUT2D eigenvalue weighted by atomic mass is 9.80. The number of aromatic nitrogens is 2. The van der Waals surface area contributed by atoms with Gasteiger partial charge in [-0.25, -0.2) is 22.3 Å². The van der Waals surface area contributed by atoms with Crippen LogP contribution in [0, 0.1) is 0 Å². The molecule has 1 N–H and O–H groups in total. The van der Waals surface area contributed by atoms with Crippen molar-refractivity contribution in [1.82, 2.24) is 14.2 Å². The minimum atomic E-state index is -3.73. The molecule has 0 bridgehead atoms. The standard InChI is InChI=1S/C44H46FN4O10PS/c1-29(50)46-39-24-26-48(43(51)47-39)42-40(45)41(59-60-49-25-10-15-36(49)38(58-60)28-61(52,53)35-13-8-5-9-14-35)37(57-42)27-56-44(30-11-6-4-7-12-30,31-16-20-33(54-2)21-17-31)32-18-22-34(55-3)23-19-32/h4-9,11-14,16-24,26,36-38,40-42H,10,15,25,27-28H2,1-3H3,(H,46,47,50,51)/t36-,37+,38+,40-,41+,42+,60+/m0/s1. The average molecular weight is 873 g/mol. The fraction of sp³-hybridized carbons (Fsp3) is 0.341. The molecule has 1 aromatic heterocycles. The number of alkyl halides is 1. The number of carbonyl (C=O) groups is 1. The predicted molar refractivity (Wildman–Crippen MR) is 225 cm³/mol. The van der Waals surface area contributed by atoms with E-state index in [2.05, 4.69) is 10.3 Å². The van der Waals surface area contributed by atoms with Gasteiger partial charge in [0, 0.05) is 25.7 Å². The molecule has 7 atom stereocenters. The normalized spacial score (nSPS) is 24.0. The topological polar surface area (TPSA) is 157 Å². The van der Waals surface area contributed by atoms with Crippen LogP contribution in [-0.4, -0.2) is 92.2 Å². The first-order chi connectivity index (χ1) is 29.5. The number of sulfone groups is 1. The van der Waals surface area contributed by atoms with E-state index < -0.39 is 66.3 Å². The number of amides is 1.